The Hall–Kier alpha value is -3.42. The molecule has 8 heteroatoms. The minimum atomic E-state index is -0.502. The molecule has 2 aromatic carbocycles. The molecule has 1 aliphatic rings. The largest absolute Gasteiger partial charge is 0.492 e. The lowest BCUT2D eigenvalue weighted by molar-refractivity contribution is -0.384. The first-order valence-electron chi connectivity index (χ1n) is 7.58. The van der Waals surface area contributed by atoms with Crippen molar-refractivity contribution >= 4 is 17.3 Å². The Kier molecular flexibility index (Phi) is 4.89. The van der Waals surface area contributed by atoms with Gasteiger partial charge in [0.1, 0.15) is 11.5 Å². The van der Waals surface area contributed by atoms with Crippen molar-refractivity contribution in [2.75, 3.05) is 13.2 Å². The van der Waals surface area contributed by atoms with Gasteiger partial charge < -0.3 is 9.47 Å². The van der Waals surface area contributed by atoms with Gasteiger partial charge in [-0.3, -0.25) is 14.9 Å². The third-order valence-corrected chi connectivity index (χ3v) is 3.53. The number of benzene rings is 2. The molecule has 0 fully saturated rings. The number of ether oxygens (including phenoxy) is 2. The molecule has 0 radical (unpaired) electrons. The molecule has 0 saturated heterocycles. The third kappa shape index (κ3) is 4.11. The molecule has 1 heterocycles. The van der Waals surface area contributed by atoms with Crippen molar-refractivity contribution in [3.8, 4) is 11.5 Å². The van der Waals surface area contributed by atoms with E-state index in [-0.39, 0.29) is 12.3 Å². The average molecular weight is 341 g/mol. The molecule has 0 aliphatic carbocycles. The topological polar surface area (TPSA) is 103 Å². The summed E-state index contributed by atoms with van der Waals surface area (Å²) in [6, 6.07) is 13.0. The molecule has 1 N–H and O–H groups in total. The van der Waals surface area contributed by atoms with Crippen LogP contribution in [0.5, 0.6) is 11.5 Å². The Morgan fingerprint density at radius 1 is 1.24 bits per heavy atom. The molecule has 0 spiro atoms. The number of carbonyl (C=O) groups is 1. The molecule has 8 nitrogen and oxygen atoms in total. The third-order valence-electron chi connectivity index (χ3n) is 3.53. The zero-order valence-electron chi connectivity index (χ0n) is 13.2. The fourth-order valence-corrected chi connectivity index (χ4v) is 2.31. The molecule has 2 aromatic rings. The molecule has 1 amide bonds. The zero-order chi connectivity index (χ0) is 17.6. The second kappa shape index (κ2) is 7.43. The van der Waals surface area contributed by atoms with Gasteiger partial charge in [-0.1, -0.05) is 12.1 Å². The number of nitrogens with one attached hydrogen (secondary N) is 1. The first-order chi connectivity index (χ1) is 12.1. The summed E-state index contributed by atoms with van der Waals surface area (Å²) in [7, 11) is 0. The van der Waals surface area contributed by atoms with E-state index >= 15 is 0 Å². The number of hydrogen-bond acceptors (Lipinski definition) is 6. The number of amides is 1. The van der Waals surface area contributed by atoms with Crippen molar-refractivity contribution in [1.82, 2.24) is 5.43 Å². The number of fused-ring (bicyclic) bond motifs is 1. The van der Waals surface area contributed by atoms with E-state index < -0.39 is 10.8 Å². The van der Waals surface area contributed by atoms with Crippen molar-refractivity contribution in [3.05, 3.63) is 64.2 Å². The molecular formula is C17H15N3O5. The number of nitro groups is 1. The highest BCUT2D eigenvalue weighted by Crippen LogP contribution is 2.24. The quantitative estimate of drug-likeness (QED) is 0.664. The second-order valence-corrected chi connectivity index (χ2v) is 5.23. The van der Waals surface area contributed by atoms with Crippen LogP contribution in [0.15, 0.2) is 53.6 Å². The van der Waals surface area contributed by atoms with Crippen LogP contribution in [-0.4, -0.2) is 29.8 Å². The second-order valence-electron chi connectivity index (χ2n) is 5.23. The van der Waals surface area contributed by atoms with Gasteiger partial charge >= 0.3 is 0 Å². The minimum Gasteiger partial charge on any atom is -0.492 e. The van der Waals surface area contributed by atoms with Gasteiger partial charge in [-0.25, -0.2) is 5.43 Å². The lowest BCUT2D eigenvalue weighted by Gasteiger charge is -2.18. The summed E-state index contributed by atoms with van der Waals surface area (Å²) in [4.78, 5) is 21.9. The van der Waals surface area contributed by atoms with Crippen LogP contribution in [-0.2, 0) is 4.79 Å². The highest BCUT2D eigenvalue weighted by Gasteiger charge is 2.16. The molecular weight excluding hydrogens is 326 g/mol. The van der Waals surface area contributed by atoms with Crippen molar-refractivity contribution in [1.29, 1.82) is 0 Å². The summed E-state index contributed by atoms with van der Waals surface area (Å²) in [5, 5.41) is 14.7. The first kappa shape index (κ1) is 16.4. The summed E-state index contributed by atoms with van der Waals surface area (Å²) < 4.78 is 10.8. The Morgan fingerprint density at radius 2 is 2.00 bits per heavy atom. The Morgan fingerprint density at radius 3 is 2.76 bits per heavy atom. The minimum absolute atomic E-state index is 0.0404. The fourth-order valence-electron chi connectivity index (χ4n) is 2.31. The SMILES string of the molecule is O=C(COc1ccc([N+](=O)[O-])cc1)N/N=C1/CCOc2ccccc21. The van der Waals surface area contributed by atoms with Gasteiger partial charge in [0.25, 0.3) is 11.6 Å². The summed E-state index contributed by atoms with van der Waals surface area (Å²) in [6.07, 6.45) is 0.598. The van der Waals surface area contributed by atoms with Crippen LogP contribution in [0, 0.1) is 10.1 Å². The Labute approximate surface area is 143 Å². The van der Waals surface area contributed by atoms with Gasteiger partial charge in [-0.05, 0) is 24.3 Å². The smallest absolute Gasteiger partial charge is 0.277 e. The highest BCUT2D eigenvalue weighted by molar-refractivity contribution is 6.04. The molecule has 3 rings (SSSR count). The normalized spacial score (nSPS) is 14.3. The standard InChI is InChI=1S/C17H15N3O5/c21-17(11-25-13-7-5-12(6-8-13)20(22)23)19-18-15-9-10-24-16-4-2-1-3-14(15)16/h1-8H,9-11H2,(H,19,21)/b18-15-. The van der Waals surface area contributed by atoms with E-state index in [1.54, 1.807) is 0 Å². The number of hydrazone groups is 1. The van der Waals surface area contributed by atoms with Crippen LogP contribution < -0.4 is 14.9 Å². The number of carbonyl (C=O) groups excluding carboxylic acids is 1. The van der Waals surface area contributed by atoms with Gasteiger partial charge in [0.2, 0.25) is 0 Å². The first-order valence-corrected chi connectivity index (χ1v) is 7.58. The monoisotopic (exact) mass is 341 g/mol. The van der Waals surface area contributed by atoms with Crippen LogP contribution in [0.1, 0.15) is 12.0 Å². The number of nitro benzene ring substituents is 1. The maximum atomic E-state index is 11.9. The predicted molar refractivity (Wildman–Crippen MR) is 89.8 cm³/mol. The molecule has 1 aliphatic heterocycles. The lowest BCUT2D eigenvalue weighted by atomic mass is 10.0. The average Bonchev–Trinajstić information content (AvgIpc) is 2.65. The Bertz CT molecular complexity index is 817. The molecule has 0 unspecified atom stereocenters. The zero-order valence-corrected chi connectivity index (χ0v) is 13.2. The van der Waals surface area contributed by atoms with Crippen LogP contribution in [0.3, 0.4) is 0 Å². The highest BCUT2D eigenvalue weighted by atomic mass is 16.6. The molecule has 0 saturated carbocycles. The summed E-state index contributed by atoms with van der Waals surface area (Å²) in [5.74, 6) is 0.684. The number of para-hydroxylation sites is 1. The van der Waals surface area contributed by atoms with Crippen molar-refractivity contribution in [2.45, 2.75) is 6.42 Å². The molecule has 0 atom stereocenters. The van der Waals surface area contributed by atoms with Gasteiger partial charge in [0.05, 0.1) is 17.2 Å². The molecule has 0 bridgehead atoms. The van der Waals surface area contributed by atoms with Crippen molar-refractivity contribution < 1.29 is 19.2 Å². The van der Waals surface area contributed by atoms with Crippen LogP contribution in [0.4, 0.5) is 5.69 Å². The summed E-state index contributed by atoms with van der Waals surface area (Å²) in [5.41, 5.74) is 4.01. The number of non-ortho nitro benzene ring substituents is 1. The molecule has 128 valence electrons. The van der Waals surface area contributed by atoms with E-state index in [1.165, 1.54) is 24.3 Å². The predicted octanol–water partition coefficient (Wildman–Crippen LogP) is 2.28. The van der Waals surface area contributed by atoms with E-state index in [4.69, 9.17) is 9.47 Å². The maximum Gasteiger partial charge on any atom is 0.277 e. The van der Waals surface area contributed by atoms with Crippen LogP contribution in [0.2, 0.25) is 0 Å². The Balaban J connectivity index is 1.56. The van der Waals surface area contributed by atoms with Crippen molar-refractivity contribution in [3.63, 3.8) is 0 Å². The van der Waals surface area contributed by atoms with Gasteiger partial charge in [0, 0.05) is 24.1 Å². The van der Waals surface area contributed by atoms with E-state index in [2.05, 4.69) is 10.5 Å². The fraction of sp³-hybridized carbons (Fsp3) is 0.176. The van der Waals surface area contributed by atoms with E-state index in [1.807, 2.05) is 24.3 Å². The van der Waals surface area contributed by atoms with Crippen molar-refractivity contribution in [2.24, 2.45) is 5.10 Å². The summed E-state index contributed by atoms with van der Waals surface area (Å²) in [6.45, 7) is 0.262. The molecule has 25 heavy (non-hydrogen) atoms. The summed E-state index contributed by atoms with van der Waals surface area (Å²) >= 11 is 0. The maximum absolute atomic E-state index is 11.9. The number of nitrogens with zero attached hydrogens (tertiary/aromatic N) is 2. The van der Waals surface area contributed by atoms with Crippen LogP contribution >= 0.6 is 0 Å². The van der Waals surface area contributed by atoms with E-state index in [9.17, 15) is 14.9 Å². The van der Waals surface area contributed by atoms with Gasteiger partial charge in [-0.15, -0.1) is 0 Å². The lowest BCUT2D eigenvalue weighted by Crippen LogP contribution is -2.27. The van der Waals surface area contributed by atoms with Crippen LogP contribution in [0.25, 0.3) is 0 Å². The molecule has 0 aromatic heterocycles. The van der Waals surface area contributed by atoms with E-state index in [0.29, 0.717) is 18.8 Å². The van der Waals surface area contributed by atoms with Gasteiger partial charge in [-0.2, -0.15) is 5.10 Å². The number of hydrogen-bond donors (Lipinski definition) is 1. The van der Waals surface area contributed by atoms with E-state index in [0.717, 1.165) is 17.0 Å². The number of rotatable bonds is 5. The van der Waals surface area contributed by atoms with Gasteiger partial charge in [0.15, 0.2) is 6.61 Å².